The van der Waals surface area contributed by atoms with Crippen molar-refractivity contribution in [3.8, 4) is 0 Å². The quantitative estimate of drug-likeness (QED) is 0.617. The van der Waals surface area contributed by atoms with E-state index in [1.807, 2.05) is 0 Å². The lowest BCUT2D eigenvalue weighted by Crippen LogP contribution is -2.33. The third-order valence-corrected chi connectivity index (χ3v) is 2.71. The highest BCUT2D eigenvalue weighted by molar-refractivity contribution is 8.00. The highest BCUT2D eigenvalue weighted by Crippen LogP contribution is 2.12. The molecule has 3 N–H and O–H groups in total. The second-order valence-corrected chi connectivity index (χ2v) is 4.05. The number of nitrogens with two attached hydrogens (primary N) is 1. The summed E-state index contributed by atoms with van der Waals surface area (Å²) in [7, 11) is 0. The predicted molar refractivity (Wildman–Crippen MR) is 54.2 cm³/mol. The van der Waals surface area contributed by atoms with Gasteiger partial charge in [-0.15, -0.1) is 11.8 Å². The van der Waals surface area contributed by atoms with Crippen LogP contribution in [-0.4, -0.2) is 40.7 Å². The summed E-state index contributed by atoms with van der Waals surface area (Å²) >= 11 is 1.18. The van der Waals surface area contributed by atoms with E-state index in [4.69, 9.17) is 15.6 Å². The zero-order valence-electron chi connectivity index (χ0n) is 8.23. The minimum absolute atomic E-state index is 0.204. The van der Waals surface area contributed by atoms with E-state index < -0.39 is 12.0 Å². The maximum absolute atomic E-state index is 11.1. The molecule has 0 aliphatic heterocycles. The number of carboxylic acid groups (broad SMARTS) is 1. The summed E-state index contributed by atoms with van der Waals surface area (Å²) in [4.78, 5) is 21.4. The molecule has 0 saturated heterocycles. The van der Waals surface area contributed by atoms with Gasteiger partial charge in [0.25, 0.3) is 0 Å². The van der Waals surface area contributed by atoms with Gasteiger partial charge in [-0.2, -0.15) is 0 Å². The molecule has 0 aromatic rings. The molecule has 0 fully saturated rings. The Bertz CT molecular complexity index is 210. The van der Waals surface area contributed by atoms with Gasteiger partial charge in [-0.05, 0) is 13.8 Å². The van der Waals surface area contributed by atoms with E-state index in [1.54, 1.807) is 13.8 Å². The van der Waals surface area contributed by atoms with E-state index in [0.29, 0.717) is 6.61 Å². The van der Waals surface area contributed by atoms with Crippen LogP contribution in [0.4, 0.5) is 0 Å². The van der Waals surface area contributed by atoms with Gasteiger partial charge in [-0.3, -0.25) is 9.59 Å². The van der Waals surface area contributed by atoms with Crippen LogP contribution in [0.25, 0.3) is 0 Å². The molecular formula is C8H15NO4S. The standard InChI is InChI=1S/C8H15NO4S/c1-3-13-8(12)5(2)14-4-6(9)7(10)11/h5-6H,3-4,9H2,1-2H3,(H,10,11). The lowest BCUT2D eigenvalue weighted by molar-refractivity contribution is -0.142. The number of rotatable bonds is 6. The maximum atomic E-state index is 11.1. The van der Waals surface area contributed by atoms with Crippen LogP contribution in [0.2, 0.25) is 0 Å². The van der Waals surface area contributed by atoms with E-state index >= 15 is 0 Å². The van der Waals surface area contributed by atoms with Gasteiger partial charge in [0.1, 0.15) is 6.04 Å². The molecule has 0 aliphatic rings. The van der Waals surface area contributed by atoms with E-state index in [2.05, 4.69) is 0 Å². The summed E-state index contributed by atoms with van der Waals surface area (Å²) in [5.41, 5.74) is 5.27. The number of hydrogen-bond acceptors (Lipinski definition) is 5. The third-order valence-electron chi connectivity index (χ3n) is 1.46. The molecule has 0 heterocycles. The van der Waals surface area contributed by atoms with Crippen molar-refractivity contribution in [1.82, 2.24) is 0 Å². The number of esters is 1. The number of thioether (sulfide) groups is 1. The van der Waals surface area contributed by atoms with Gasteiger partial charge >= 0.3 is 11.9 Å². The Balaban J connectivity index is 3.78. The van der Waals surface area contributed by atoms with E-state index in [9.17, 15) is 9.59 Å². The van der Waals surface area contributed by atoms with Crippen molar-refractivity contribution in [3.63, 3.8) is 0 Å². The average molecular weight is 221 g/mol. The van der Waals surface area contributed by atoms with Crippen LogP contribution in [0.1, 0.15) is 13.8 Å². The first-order valence-corrected chi connectivity index (χ1v) is 5.30. The number of ether oxygens (including phenoxy) is 1. The Kier molecular flexibility index (Phi) is 6.31. The second kappa shape index (κ2) is 6.67. The van der Waals surface area contributed by atoms with Gasteiger partial charge in [-0.25, -0.2) is 0 Å². The van der Waals surface area contributed by atoms with Crippen molar-refractivity contribution in [2.24, 2.45) is 5.73 Å². The molecule has 0 radical (unpaired) electrons. The zero-order valence-corrected chi connectivity index (χ0v) is 9.04. The minimum Gasteiger partial charge on any atom is -0.480 e. The van der Waals surface area contributed by atoms with Crippen LogP contribution >= 0.6 is 11.8 Å². The molecule has 2 unspecified atom stereocenters. The number of hydrogen-bond donors (Lipinski definition) is 2. The summed E-state index contributed by atoms with van der Waals surface area (Å²) in [6.45, 7) is 3.71. The van der Waals surface area contributed by atoms with Gasteiger partial charge in [0.15, 0.2) is 0 Å². The molecule has 2 atom stereocenters. The van der Waals surface area contributed by atoms with Gasteiger partial charge in [0, 0.05) is 5.75 Å². The molecule has 82 valence electrons. The van der Waals surface area contributed by atoms with Gasteiger partial charge < -0.3 is 15.6 Å². The first-order chi connectivity index (χ1) is 6.49. The lowest BCUT2D eigenvalue weighted by Gasteiger charge is -2.11. The minimum atomic E-state index is -1.06. The molecule has 0 spiro atoms. The van der Waals surface area contributed by atoms with Crippen molar-refractivity contribution in [2.75, 3.05) is 12.4 Å². The molecule has 6 heteroatoms. The number of aliphatic carboxylic acids is 1. The van der Waals surface area contributed by atoms with Crippen LogP contribution in [0, 0.1) is 0 Å². The Morgan fingerprint density at radius 2 is 2.14 bits per heavy atom. The van der Waals surface area contributed by atoms with Crippen LogP contribution < -0.4 is 5.73 Å². The Labute approximate surface area is 87.0 Å². The van der Waals surface area contributed by atoms with Crippen molar-refractivity contribution in [1.29, 1.82) is 0 Å². The highest BCUT2D eigenvalue weighted by atomic mass is 32.2. The summed E-state index contributed by atoms with van der Waals surface area (Å²) in [5.74, 6) is -1.20. The Hall–Kier alpha value is -0.750. The largest absolute Gasteiger partial charge is 0.480 e. The fourth-order valence-corrected chi connectivity index (χ4v) is 1.49. The van der Waals surface area contributed by atoms with Crippen LogP contribution in [0.15, 0.2) is 0 Å². The molecule has 0 amide bonds. The second-order valence-electron chi connectivity index (χ2n) is 2.67. The van der Waals surface area contributed by atoms with Crippen molar-refractivity contribution >= 4 is 23.7 Å². The first kappa shape index (κ1) is 13.2. The monoisotopic (exact) mass is 221 g/mol. The van der Waals surface area contributed by atoms with Crippen molar-refractivity contribution in [2.45, 2.75) is 25.1 Å². The van der Waals surface area contributed by atoms with Crippen LogP contribution in [0.3, 0.4) is 0 Å². The summed E-state index contributed by atoms with van der Waals surface area (Å²) < 4.78 is 4.75. The summed E-state index contributed by atoms with van der Waals surface area (Å²) in [6.07, 6.45) is 0. The smallest absolute Gasteiger partial charge is 0.321 e. The number of carbonyl (C=O) groups excluding carboxylic acids is 1. The topological polar surface area (TPSA) is 89.6 Å². The van der Waals surface area contributed by atoms with Crippen molar-refractivity contribution < 1.29 is 19.4 Å². The molecule has 0 aliphatic carbocycles. The molecule has 5 nitrogen and oxygen atoms in total. The first-order valence-electron chi connectivity index (χ1n) is 4.25. The normalized spacial score (nSPS) is 14.5. The molecule has 0 saturated carbocycles. The maximum Gasteiger partial charge on any atom is 0.321 e. The van der Waals surface area contributed by atoms with Crippen LogP contribution in [-0.2, 0) is 14.3 Å². The molecule has 14 heavy (non-hydrogen) atoms. The zero-order chi connectivity index (χ0) is 11.1. The van der Waals surface area contributed by atoms with Gasteiger partial charge in [0.2, 0.25) is 0 Å². The van der Waals surface area contributed by atoms with Crippen molar-refractivity contribution in [3.05, 3.63) is 0 Å². The molecule has 0 bridgehead atoms. The molecule has 0 aromatic heterocycles. The van der Waals surface area contributed by atoms with E-state index in [1.165, 1.54) is 11.8 Å². The summed E-state index contributed by atoms with van der Waals surface area (Å²) in [5, 5.41) is 8.11. The van der Waals surface area contributed by atoms with E-state index in [-0.39, 0.29) is 17.0 Å². The number of carbonyl (C=O) groups is 2. The lowest BCUT2D eigenvalue weighted by atomic mass is 10.4. The molecule has 0 aromatic carbocycles. The average Bonchev–Trinajstić information content (AvgIpc) is 2.13. The Morgan fingerprint density at radius 3 is 2.57 bits per heavy atom. The fraction of sp³-hybridized carbons (Fsp3) is 0.750. The fourth-order valence-electron chi connectivity index (χ4n) is 0.647. The third kappa shape index (κ3) is 5.08. The predicted octanol–water partition coefficient (Wildman–Crippen LogP) is 0.0831. The SMILES string of the molecule is CCOC(=O)C(C)SCC(N)C(=O)O. The molecule has 0 rings (SSSR count). The van der Waals surface area contributed by atoms with Gasteiger partial charge in [-0.1, -0.05) is 0 Å². The number of carboxylic acids is 1. The summed E-state index contributed by atoms with van der Waals surface area (Å²) in [6, 6.07) is -0.933. The molecular weight excluding hydrogens is 206 g/mol. The van der Waals surface area contributed by atoms with E-state index in [0.717, 1.165) is 0 Å². The van der Waals surface area contributed by atoms with Gasteiger partial charge in [0.05, 0.1) is 11.9 Å². The Morgan fingerprint density at radius 1 is 1.57 bits per heavy atom. The highest BCUT2D eigenvalue weighted by Gasteiger charge is 2.18. The van der Waals surface area contributed by atoms with Crippen LogP contribution in [0.5, 0.6) is 0 Å².